The molecule has 0 aliphatic rings. The third-order valence-corrected chi connectivity index (χ3v) is 3.91. The molecule has 2 N–H and O–H groups in total. The Hall–Kier alpha value is -3.19. The van der Waals surface area contributed by atoms with Crippen LogP contribution in [0.2, 0.25) is 0 Å². The number of para-hydroxylation sites is 2. The average Bonchev–Trinajstić information content (AvgIpc) is 2.92. The van der Waals surface area contributed by atoms with Gasteiger partial charge < -0.3 is 19.9 Å². The van der Waals surface area contributed by atoms with Crippen molar-refractivity contribution in [2.24, 2.45) is 0 Å². The minimum atomic E-state index is -0.999. The zero-order valence-electron chi connectivity index (χ0n) is 14.6. The molecule has 0 aliphatic carbocycles. The van der Waals surface area contributed by atoms with Gasteiger partial charge in [0.15, 0.2) is 0 Å². The minimum absolute atomic E-state index is 0.129. The van der Waals surface area contributed by atoms with E-state index in [1.165, 1.54) is 12.1 Å². The fourth-order valence-corrected chi connectivity index (χ4v) is 2.75. The van der Waals surface area contributed by atoms with Crippen LogP contribution < -0.4 is 5.32 Å². The van der Waals surface area contributed by atoms with Crippen LogP contribution >= 0.6 is 0 Å². The molecule has 7 nitrogen and oxygen atoms in total. The van der Waals surface area contributed by atoms with Gasteiger partial charge in [0.1, 0.15) is 12.4 Å². The Morgan fingerprint density at radius 1 is 1.12 bits per heavy atom. The van der Waals surface area contributed by atoms with Crippen molar-refractivity contribution in [1.29, 1.82) is 0 Å². The van der Waals surface area contributed by atoms with Crippen molar-refractivity contribution in [2.45, 2.75) is 13.1 Å². The minimum Gasteiger partial charge on any atom is -0.478 e. The number of rotatable bonds is 6. The highest BCUT2D eigenvalue weighted by Crippen LogP contribution is 2.17. The van der Waals surface area contributed by atoms with Crippen LogP contribution in [0.5, 0.6) is 0 Å². The summed E-state index contributed by atoms with van der Waals surface area (Å²) in [6.07, 6.45) is 0. The van der Waals surface area contributed by atoms with Crippen LogP contribution in [-0.2, 0) is 17.9 Å². The number of nitrogens with zero attached hydrogens (tertiary/aromatic N) is 3. The number of carbonyl (C=O) groups is 2. The summed E-state index contributed by atoms with van der Waals surface area (Å²) >= 11 is 0. The van der Waals surface area contributed by atoms with Gasteiger partial charge in [-0.05, 0) is 50.5 Å². The Morgan fingerprint density at radius 2 is 1.81 bits per heavy atom. The highest BCUT2D eigenvalue weighted by molar-refractivity contribution is 5.93. The third-order valence-electron chi connectivity index (χ3n) is 3.91. The van der Waals surface area contributed by atoms with Crippen molar-refractivity contribution >= 4 is 28.6 Å². The molecular formula is C19H20N4O3. The Morgan fingerprint density at radius 3 is 2.46 bits per heavy atom. The second-order valence-corrected chi connectivity index (χ2v) is 6.27. The summed E-state index contributed by atoms with van der Waals surface area (Å²) in [5.74, 6) is -0.384. The number of carboxylic acid groups (broad SMARTS) is 1. The van der Waals surface area contributed by atoms with Crippen LogP contribution in [0.3, 0.4) is 0 Å². The molecule has 0 radical (unpaired) electrons. The maximum Gasteiger partial charge on any atom is 0.335 e. The van der Waals surface area contributed by atoms with Gasteiger partial charge in [-0.15, -0.1) is 0 Å². The smallest absolute Gasteiger partial charge is 0.335 e. The molecule has 0 fully saturated rings. The second kappa shape index (κ2) is 7.37. The molecule has 0 unspecified atom stereocenters. The third kappa shape index (κ3) is 3.89. The quantitative estimate of drug-likeness (QED) is 0.711. The first kappa shape index (κ1) is 17.6. The van der Waals surface area contributed by atoms with E-state index >= 15 is 0 Å². The van der Waals surface area contributed by atoms with Gasteiger partial charge >= 0.3 is 5.97 Å². The summed E-state index contributed by atoms with van der Waals surface area (Å²) in [6.45, 7) is 0.750. The predicted molar refractivity (Wildman–Crippen MR) is 99.2 cm³/mol. The van der Waals surface area contributed by atoms with Crippen molar-refractivity contribution in [3.63, 3.8) is 0 Å². The van der Waals surface area contributed by atoms with Crippen LogP contribution in [0, 0.1) is 0 Å². The SMILES string of the molecule is CN(C)Cc1nc2ccccc2n1CC(=O)Nc1ccc(C(=O)O)cc1. The molecule has 0 saturated heterocycles. The van der Waals surface area contributed by atoms with Crippen molar-refractivity contribution in [2.75, 3.05) is 19.4 Å². The van der Waals surface area contributed by atoms with Gasteiger partial charge in [-0.3, -0.25) is 4.79 Å². The monoisotopic (exact) mass is 352 g/mol. The zero-order valence-corrected chi connectivity index (χ0v) is 14.6. The molecular weight excluding hydrogens is 332 g/mol. The summed E-state index contributed by atoms with van der Waals surface area (Å²) in [7, 11) is 3.90. The van der Waals surface area contributed by atoms with E-state index in [9.17, 15) is 9.59 Å². The number of nitrogens with one attached hydrogen (secondary N) is 1. The van der Waals surface area contributed by atoms with E-state index in [0.29, 0.717) is 12.2 Å². The zero-order chi connectivity index (χ0) is 18.7. The highest BCUT2D eigenvalue weighted by Gasteiger charge is 2.14. The fraction of sp³-hybridized carbons (Fsp3) is 0.211. The van der Waals surface area contributed by atoms with Gasteiger partial charge in [0.05, 0.1) is 23.1 Å². The number of benzene rings is 2. The largest absolute Gasteiger partial charge is 0.478 e. The fourth-order valence-electron chi connectivity index (χ4n) is 2.75. The lowest BCUT2D eigenvalue weighted by atomic mass is 10.2. The average molecular weight is 352 g/mol. The van der Waals surface area contributed by atoms with Crippen LogP contribution in [0.25, 0.3) is 11.0 Å². The first-order valence-corrected chi connectivity index (χ1v) is 8.16. The normalized spacial score (nSPS) is 11.0. The number of anilines is 1. The standard InChI is InChI=1S/C19H20N4O3/c1-22(2)11-17-21-15-5-3-4-6-16(15)23(17)12-18(24)20-14-9-7-13(8-10-14)19(25)26/h3-10H,11-12H2,1-2H3,(H,20,24)(H,25,26). The molecule has 1 amide bonds. The molecule has 7 heteroatoms. The first-order chi connectivity index (χ1) is 12.4. The molecule has 0 saturated carbocycles. The number of carboxylic acids is 1. The lowest BCUT2D eigenvalue weighted by molar-refractivity contribution is -0.116. The molecule has 2 aromatic carbocycles. The maximum absolute atomic E-state index is 12.5. The Labute approximate surface area is 150 Å². The van der Waals surface area contributed by atoms with E-state index < -0.39 is 5.97 Å². The summed E-state index contributed by atoms with van der Waals surface area (Å²) in [5, 5.41) is 11.7. The van der Waals surface area contributed by atoms with E-state index in [1.54, 1.807) is 12.1 Å². The molecule has 3 rings (SSSR count). The predicted octanol–water partition coefficient (Wildman–Crippen LogP) is 2.43. The maximum atomic E-state index is 12.5. The van der Waals surface area contributed by atoms with Gasteiger partial charge in [0.2, 0.25) is 5.91 Å². The molecule has 0 bridgehead atoms. The van der Waals surface area contributed by atoms with E-state index in [2.05, 4.69) is 10.3 Å². The molecule has 0 atom stereocenters. The molecule has 0 aliphatic heterocycles. The number of hydrogen-bond donors (Lipinski definition) is 2. The molecule has 3 aromatic rings. The summed E-state index contributed by atoms with van der Waals surface area (Å²) < 4.78 is 1.90. The van der Waals surface area contributed by atoms with Crippen molar-refractivity contribution in [3.05, 3.63) is 59.9 Å². The molecule has 134 valence electrons. The topological polar surface area (TPSA) is 87.5 Å². The number of amides is 1. The summed E-state index contributed by atoms with van der Waals surface area (Å²) in [4.78, 5) is 30.0. The van der Waals surface area contributed by atoms with E-state index in [-0.39, 0.29) is 18.0 Å². The molecule has 26 heavy (non-hydrogen) atoms. The molecule has 0 spiro atoms. The van der Waals surface area contributed by atoms with Crippen molar-refractivity contribution < 1.29 is 14.7 Å². The number of fused-ring (bicyclic) bond motifs is 1. The lowest BCUT2D eigenvalue weighted by Crippen LogP contribution is -2.22. The van der Waals surface area contributed by atoms with Gasteiger partial charge in [0, 0.05) is 5.69 Å². The van der Waals surface area contributed by atoms with E-state index in [4.69, 9.17) is 5.11 Å². The Bertz CT molecular complexity index is 945. The number of carbonyl (C=O) groups excluding carboxylic acids is 1. The van der Waals surface area contributed by atoms with Gasteiger partial charge in [-0.2, -0.15) is 0 Å². The second-order valence-electron chi connectivity index (χ2n) is 6.27. The molecule has 1 heterocycles. The number of hydrogen-bond acceptors (Lipinski definition) is 4. The van der Waals surface area contributed by atoms with E-state index in [0.717, 1.165) is 16.9 Å². The van der Waals surface area contributed by atoms with Crippen molar-refractivity contribution in [3.8, 4) is 0 Å². The number of aromatic nitrogens is 2. The van der Waals surface area contributed by atoms with Crippen LogP contribution in [0.4, 0.5) is 5.69 Å². The first-order valence-electron chi connectivity index (χ1n) is 8.16. The highest BCUT2D eigenvalue weighted by atomic mass is 16.4. The summed E-state index contributed by atoms with van der Waals surface area (Å²) in [5.41, 5.74) is 2.49. The lowest BCUT2D eigenvalue weighted by Gasteiger charge is -2.13. The Kier molecular flexibility index (Phi) is 4.99. The van der Waals surface area contributed by atoms with Crippen LogP contribution in [0.1, 0.15) is 16.2 Å². The van der Waals surface area contributed by atoms with Crippen molar-refractivity contribution in [1.82, 2.24) is 14.5 Å². The van der Waals surface area contributed by atoms with Gasteiger partial charge in [0.25, 0.3) is 0 Å². The van der Waals surface area contributed by atoms with E-state index in [1.807, 2.05) is 47.8 Å². The molecule has 1 aromatic heterocycles. The number of imidazole rings is 1. The Balaban J connectivity index is 1.81. The van der Waals surface area contributed by atoms with Crippen LogP contribution in [0.15, 0.2) is 48.5 Å². The number of aromatic carboxylic acids is 1. The van der Waals surface area contributed by atoms with Gasteiger partial charge in [-0.1, -0.05) is 12.1 Å². The van der Waals surface area contributed by atoms with Gasteiger partial charge in [-0.25, -0.2) is 9.78 Å². The van der Waals surface area contributed by atoms with Crippen LogP contribution in [-0.4, -0.2) is 45.5 Å². The summed E-state index contributed by atoms with van der Waals surface area (Å²) in [6, 6.07) is 13.8.